The predicted octanol–water partition coefficient (Wildman–Crippen LogP) is 5.93. The van der Waals surface area contributed by atoms with Crippen molar-refractivity contribution in [1.29, 1.82) is 0 Å². The first-order valence-corrected chi connectivity index (χ1v) is 37.6. The van der Waals surface area contributed by atoms with Crippen LogP contribution in [0.25, 0.3) is 0 Å². The molecule has 8 rings (SSSR count). The molecule has 0 unspecified atom stereocenters. The third-order valence-electron chi connectivity index (χ3n) is 23.3. The summed E-state index contributed by atoms with van der Waals surface area (Å²) < 4.78 is 58.7. The van der Waals surface area contributed by atoms with Gasteiger partial charge in [-0.3, -0.25) is 57.5 Å². The van der Waals surface area contributed by atoms with Crippen LogP contribution in [0.15, 0.2) is 18.2 Å². The second kappa shape index (κ2) is 35.4. The number of fused-ring (bicyclic) bond motifs is 2. The van der Waals surface area contributed by atoms with Crippen molar-refractivity contribution in [1.82, 2.24) is 60.0 Å². The van der Waals surface area contributed by atoms with Gasteiger partial charge in [0.1, 0.15) is 59.9 Å². The van der Waals surface area contributed by atoms with E-state index >= 15 is 38.0 Å². The Hall–Kier alpha value is -7.62. The zero-order valence-corrected chi connectivity index (χ0v) is 62.3. The van der Waals surface area contributed by atoms with Gasteiger partial charge in [0.15, 0.2) is 11.6 Å². The van der Waals surface area contributed by atoms with Crippen LogP contribution in [0.3, 0.4) is 0 Å². The van der Waals surface area contributed by atoms with Crippen molar-refractivity contribution >= 4 is 70.9 Å². The fourth-order valence-corrected chi connectivity index (χ4v) is 16.5. The average Bonchev–Trinajstić information content (AvgIpc) is 1.73. The largest absolute Gasteiger partial charge is 0.573 e. The molecule has 0 bridgehead atoms. The fraction of sp³-hybridized carbons (Fsp3) is 0.757. The Labute approximate surface area is 603 Å². The topological polar surface area (TPSA) is 279 Å². The van der Waals surface area contributed by atoms with Gasteiger partial charge in [-0.25, -0.2) is 4.39 Å². The first kappa shape index (κ1) is 81.1. The molecule has 7 aliphatic rings. The Morgan fingerprint density at radius 3 is 1.86 bits per heavy atom. The van der Waals surface area contributed by atoms with Gasteiger partial charge in [0.25, 0.3) is 0 Å². The van der Waals surface area contributed by atoms with Crippen LogP contribution in [-0.4, -0.2) is 256 Å². The maximum absolute atomic E-state index is 15.7. The number of halogens is 4. The standard InChI is InChI=1S/C74H112F4N12O13/c1-12-46(4)61-70(100)83(7)47(5)65(95)90-39-33-54(90)68(98)85(9)56(42-48-24-15-13-16-25-48)67(97)82(6)44-59(91)79-52(31-29-49-30-32-58(51(75)41-49)103-74(76,77)78)66(96)89-38-23-28-53(89)64(94)81-73(34-19-20-35-73)72(102)87(11)62(50-26-17-18-27-50)71(101)86(10)57(69(99)88-36-21-14-22-37-88)43-60(92)84(8)55(40-45(2)3)63(93)80-61/h30,32,41,45-48,50,52-57,61-62H,12-29,31,33-40,42-44H2,1-11H3,(H,79,91)(H,80,93)(H,81,94)/t46-,47-,52-,53-,54-,55-,56-,57-,61-,62-/m0/s1. The quantitative estimate of drug-likeness (QED) is 0.205. The number of nitrogens with zero attached hydrogens (tertiary/aromatic N) is 9. The lowest BCUT2D eigenvalue weighted by Gasteiger charge is -2.45. The molecule has 0 radical (unpaired) electrons. The number of aryl methyl sites for hydroxylation is 1. The van der Waals surface area contributed by atoms with E-state index < -0.39 is 174 Å². The number of nitrogens with one attached hydrogen (secondary N) is 3. The number of rotatable bonds is 12. The number of hydrogen-bond acceptors (Lipinski definition) is 13. The number of hydrogen-bond donors (Lipinski definition) is 3. The number of benzene rings is 1. The molecule has 1 spiro atoms. The molecular weight excluding hydrogens is 1340 g/mol. The lowest BCUT2D eigenvalue weighted by atomic mass is 9.84. The summed E-state index contributed by atoms with van der Waals surface area (Å²) in [6.07, 6.45) is 5.55. The molecule has 12 amide bonds. The highest BCUT2D eigenvalue weighted by molar-refractivity contribution is 6.01. The Morgan fingerprint density at radius 1 is 0.631 bits per heavy atom. The van der Waals surface area contributed by atoms with Gasteiger partial charge in [-0.2, -0.15) is 0 Å². The molecule has 7 fully saturated rings. The SMILES string of the molecule is CC[C@H](C)[C@@H]1NC(=O)[C@H](CC(C)C)N(C)C(=O)C[C@@H](C(=O)N2CCCCC2)N(C)C(=O)[C@H](C2CCCC2)N(C)C(=O)C2(CCCC2)NC(=O)[C@@H]2CCCN2C(=O)[C@H](CCc2ccc(OC(F)(F)F)c(F)c2)NC(=O)CN(C)C(=O)[C@H](CC2CCCCC2)N(C)C(=O)[C@@H]2CCN2C(=O)[C@H](C)N(C)C1=O. The minimum Gasteiger partial charge on any atom is -0.403 e. The van der Waals surface area contributed by atoms with Crippen molar-refractivity contribution in [3.05, 3.63) is 29.6 Å². The summed E-state index contributed by atoms with van der Waals surface area (Å²) in [7, 11) is 8.67. The summed E-state index contributed by atoms with van der Waals surface area (Å²) in [6.45, 7) is 9.11. The number of likely N-dealkylation sites (N-methyl/N-ethyl adjacent to an activating group) is 6. The van der Waals surface area contributed by atoms with Crippen molar-refractivity contribution in [2.24, 2.45) is 23.7 Å². The lowest BCUT2D eigenvalue weighted by molar-refractivity contribution is -0.275. The third-order valence-corrected chi connectivity index (χ3v) is 23.3. The predicted molar refractivity (Wildman–Crippen MR) is 373 cm³/mol. The van der Waals surface area contributed by atoms with Gasteiger partial charge in [-0.15, -0.1) is 13.2 Å². The fourth-order valence-electron chi connectivity index (χ4n) is 16.5. The summed E-state index contributed by atoms with van der Waals surface area (Å²) in [6, 6.07) is -8.29. The molecule has 1 aromatic rings. The van der Waals surface area contributed by atoms with Gasteiger partial charge in [0, 0.05) is 68.5 Å². The normalized spacial score (nSPS) is 28.2. The highest BCUT2D eigenvalue weighted by atomic mass is 19.4. The van der Waals surface area contributed by atoms with Crippen LogP contribution in [-0.2, 0) is 64.0 Å². The number of piperidine rings is 1. The minimum atomic E-state index is -5.20. The molecule has 3 N–H and O–H groups in total. The number of likely N-dealkylation sites (tertiary alicyclic amines) is 1. The highest BCUT2D eigenvalue weighted by Gasteiger charge is 2.52. The third kappa shape index (κ3) is 19.5. The van der Waals surface area contributed by atoms with Crippen LogP contribution in [0.1, 0.15) is 194 Å². The molecule has 1 aromatic carbocycles. The molecule has 4 saturated heterocycles. The Bertz CT molecular complexity index is 3240. The number of carbonyl (C=O) groups excluding carboxylic acids is 12. The zero-order valence-electron chi connectivity index (χ0n) is 62.3. The van der Waals surface area contributed by atoms with Gasteiger partial charge < -0.3 is 64.8 Å². The van der Waals surface area contributed by atoms with Crippen LogP contribution >= 0.6 is 0 Å². The van der Waals surface area contributed by atoms with E-state index in [1.807, 2.05) is 20.8 Å². The molecule has 4 heterocycles. The van der Waals surface area contributed by atoms with Gasteiger partial charge in [-0.1, -0.05) is 98.0 Å². The number of carbonyl (C=O) groups is 12. The lowest BCUT2D eigenvalue weighted by Crippen LogP contribution is -2.65. The van der Waals surface area contributed by atoms with Crippen LogP contribution in [0, 0.1) is 29.5 Å². The minimum absolute atomic E-state index is 0.00603. The van der Waals surface area contributed by atoms with Crippen LogP contribution in [0.5, 0.6) is 5.75 Å². The first-order chi connectivity index (χ1) is 48.7. The summed E-state index contributed by atoms with van der Waals surface area (Å²) in [5.74, 6) is -11.2. The number of amides is 12. The molecule has 3 aliphatic carbocycles. The van der Waals surface area contributed by atoms with Gasteiger partial charge in [0.05, 0.1) is 13.0 Å². The van der Waals surface area contributed by atoms with Crippen molar-refractivity contribution < 1.29 is 79.8 Å². The number of alkyl halides is 3. The Balaban J connectivity index is 1.18. The zero-order chi connectivity index (χ0) is 75.5. The maximum Gasteiger partial charge on any atom is 0.573 e. The van der Waals surface area contributed by atoms with E-state index in [1.165, 1.54) is 89.6 Å². The van der Waals surface area contributed by atoms with E-state index in [4.69, 9.17) is 0 Å². The first-order valence-electron chi connectivity index (χ1n) is 37.6. The van der Waals surface area contributed by atoms with Crippen molar-refractivity contribution in [3.63, 3.8) is 0 Å². The van der Waals surface area contributed by atoms with Crippen LogP contribution in [0.4, 0.5) is 17.6 Å². The summed E-state index contributed by atoms with van der Waals surface area (Å²) in [4.78, 5) is 193. The molecule has 29 heteroatoms. The van der Waals surface area contributed by atoms with Gasteiger partial charge in [-0.05, 0) is 138 Å². The van der Waals surface area contributed by atoms with E-state index in [0.29, 0.717) is 64.5 Å². The summed E-state index contributed by atoms with van der Waals surface area (Å²) in [5.41, 5.74) is -1.46. The second-order valence-corrected chi connectivity index (χ2v) is 30.8. The molecule has 25 nitrogen and oxygen atoms in total. The van der Waals surface area contributed by atoms with Crippen molar-refractivity contribution in [2.45, 2.75) is 261 Å². The van der Waals surface area contributed by atoms with Gasteiger partial charge >= 0.3 is 6.36 Å². The second-order valence-electron chi connectivity index (χ2n) is 30.8. The van der Waals surface area contributed by atoms with Crippen LogP contribution < -0.4 is 20.7 Å². The van der Waals surface area contributed by atoms with E-state index in [1.54, 1.807) is 11.8 Å². The van der Waals surface area contributed by atoms with E-state index in [-0.39, 0.29) is 81.9 Å². The smallest absolute Gasteiger partial charge is 0.403 e. The van der Waals surface area contributed by atoms with Crippen LogP contribution in [0.2, 0.25) is 0 Å². The highest BCUT2D eigenvalue weighted by Crippen LogP contribution is 2.38. The van der Waals surface area contributed by atoms with Crippen molar-refractivity contribution in [2.75, 3.05) is 75.0 Å². The molecule has 103 heavy (non-hydrogen) atoms. The Kier molecular flexibility index (Phi) is 27.9. The molecule has 10 atom stereocenters. The van der Waals surface area contributed by atoms with E-state index in [2.05, 4.69) is 20.7 Å². The molecule has 4 aliphatic heterocycles. The summed E-state index contributed by atoms with van der Waals surface area (Å²) in [5, 5.41) is 8.75. The summed E-state index contributed by atoms with van der Waals surface area (Å²) >= 11 is 0. The monoisotopic (exact) mass is 1450 g/mol. The Morgan fingerprint density at radius 2 is 1.26 bits per heavy atom. The number of ether oxygens (including phenoxy) is 1. The van der Waals surface area contributed by atoms with Crippen molar-refractivity contribution in [3.8, 4) is 5.75 Å². The van der Waals surface area contributed by atoms with E-state index in [0.717, 1.165) is 68.4 Å². The average molecular weight is 1450 g/mol. The molecule has 574 valence electrons. The van der Waals surface area contributed by atoms with Gasteiger partial charge in [0.2, 0.25) is 70.9 Å². The maximum atomic E-state index is 15.7. The molecule has 0 aromatic heterocycles. The molecular formula is C74H112F4N12O13. The molecule has 3 saturated carbocycles. The van der Waals surface area contributed by atoms with E-state index in [9.17, 15) is 37.1 Å².